The van der Waals surface area contributed by atoms with Crippen molar-refractivity contribution in [2.75, 3.05) is 9.80 Å². The SMILES string of the molecule is CC(C)(C)c1ccc(N2c3ccc(C(C)(C)C)cc3B3c4cc(C(C)(C)C)ccc4N(c4ccc(C(C)(C)C)cc4)c4cc(-c5c(-n6c7ccccc7c7ccccc76)cccc5-n5c6ccccc6c6ccccc65)cc2c43)cc1. The smallest absolute Gasteiger partial charge is 0.252 e. The van der Waals surface area contributed by atoms with Gasteiger partial charge in [-0.15, -0.1) is 0 Å². The summed E-state index contributed by atoms with van der Waals surface area (Å²) in [5, 5.41) is 4.93. The summed E-state index contributed by atoms with van der Waals surface area (Å²) in [6.45, 7) is 27.9. The number of benzene rings is 10. The molecular formula is C76H71BN4. The summed E-state index contributed by atoms with van der Waals surface area (Å²) in [6.07, 6.45) is 0. The van der Waals surface area contributed by atoms with Crippen LogP contribution in [0.3, 0.4) is 0 Å². The number of anilines is 6. The Kier molecular flexibility index (Phi) is 11.3. The van der Waals surface area contributed by atoms with Gasteiger partial charge in [-0.2, -0.15) is 0 Å². The molecule has 2 aliphatic rings. The van der Waals surface area contributed by atoms with Crippen LogP contribution in [0, 0.1) is 0 Å². The van der Waals surface area contributed by atoms with Crippen molar-refractivity contribution in [1.29, 1.82) is 0 Å². The Bertz CT molecular complexity index is 4120. The van der Waals surface area contributed by atoms with Crippen LogP contribution in [0.1, 0.15) is 105 Å². The second-order valence-corrected chi connectivity index (χ2v) is 27.1. The Balaban J connectivity index is 1.17. The maximum Gasteiger partial charge on any atom is 0.252 e. The van der Waals surface area contributed by atoms with Crippen LogP contribution >= 0.6 is 0 Å². The second kappa shape index (κ2) is 18.0. The van der Waals surface area contributed by atoms with Gasteiger partial charge in [0.15, 0.2) is 0 Å². The van der Waals surface area contributed by atoms with Gasteiger partial charge in [0, 0.05) is 61.2 Å². The zero-order valence-corrected chi connectivity index (χ0v) is 49.1. The molecule has 12 aromatic rings. The van der Waals surface area contributed by atoms with E-state index < -0.39 is 0 Å². The summed E-state index contributed by atoms with van der Waals surface area (Å²) in [5.74, 6) is 0. The molecule has 0 N–H and O–H groups in total. The fourth-order valence-electron chi connectivity index (χ4n) is 13.4. The van der Waals surface area contributed by atoms with E-state index in [4.69, 9.17) is 0 Å². The molecule has 0 bridgehead atoms. The molecule has 398 valence electrons. The van der Waals surface area contributed by atoms with Crippen LogP contribution in [-0.2, 0) is 21.7 Å². The maximum atomic E-state index is 2.61. The molecule has 0 spiro atoms. The number of hydrogen-bond donors (Lipinski definition) is 0. The predicted octanol–water partition coefficient (Wildman–Crippen LogP) is 18.8. The summed E-state index contributed by atoms with van der Waals surface area (Å²) in [6, 6.07) is 81.5. The average molecular weight is 1050 g/mol. The van der Waals surface area contributed by atoms with Crippen molar-refractivity contribution in [3.8, 4) is 22.5 Å². The van der Waals surface area contributed by atoms with Crippen molar-refractivity contribution in [2.45, 2.75) is 105 Å². The van der Waals surface area contributed by atoms with Crippen LogP contribution in [0.15, 0.2) is 212 Å². The Labute approximate surface area is 479 Å². The van der Waals surface area contributed by atoms with Gasteiger partial charge >= 0.3 is 0 Å². The topological polar surface area (TPSA) is 16.3 Å². The molecule has 14 rings (SSSR count). The molecule has 10 aromatic carbocycles. The van der Waals surface area contributed by atoms with Crippen LogP contribution in [0.5, 0.6) is 0 Å². The summed E-state index contributed by atoms with van der Waals surface area (Å²) < 4.78 is 5.06. The lowest BCUT2D eigenvalue weighted by atomic mass is 9.33. The van der Waals surface area contributed by atoms with E-state index in [0.717, 1.165) is 33.9 Å². The third kappa shape index (κ3) is 8.01. The van der Waals surface area contributed by atoms with Gasteiger partial charge in [0.25, 0.3) is 6.71 Å². The number of fused-ring (bicyclic) bond motifs is 10. The van der Waals surface area contributed by atoms with E-state index in [-0.39, 0.29) is 28.4 Å². The van der Waals surface area contributed by atoms with E-state index in [1.807, 2.05) is 0 Å². The molecule has 0 radical (unpaired) electrons. The van der Waals surface area contributed by atoms with Crippen molar-refractivity contribution in [3.63, 3.8) is 0 Å². The molecule has 0 aliphatic carbocycles. The highest BCUT2D eigenvalue weighted by molar-refractivity contribution is 7.00. The Morgan fingerprint density at radius 3 is 0.938 bits per heavy atom. The van der Waals surface area contributed by atoms with Gasteiger partial charge in [0.1, 0.15) is 0 Å². The maximum absolute atomic E-state index is 2.61. The van der Waals surface area contributed by atoms with Gasteiger partial charge < -0.3 is 18.9 Å². The summed E-state index contributed by atoms with van der Waals surface area (Å²) in [4.78, 5) is 5.21. The third-order valence-corrected chi connectivity index (χ3v) is 17.7. The second-order valence-electron chi connectivity index (χ2n) is 27.1. The molecule has 0 amide bonds. The largest absolute Gasteiger partial charge is 0.311 e. The van der Waals surface area contributed by atoms with Crippen LogP contribution < -0.4 is 26.2 Å². The van der Waals surface area contributed by atoms with E-state index in [2.05, 4.69) is 314 Å². The zero-order chi connectivity index (χ0) is 56.1. The highest BCUT2D eigenvalue weighted by Gasteiger charge is 2.45. The van der Waals surface area contributed by atoms with Gasteiger partial charge in [-0.1, -0.05) is 210 Å². The minimum absolute atomic E-state index is 0.0125. The van der Waals surface area contributed by atoms with E-state index in [0.29, 0.717) is 0 Å². The zero-order valence-electron chi connectivity index (χ0n) is 49.1. The highest BCUT2D eigenvalue weighted by Crippen LogP contribution is 2.50. The number of hydrogen-bond acceptors (Lipinski definition) is 2. The minimum Gasteiger partial charge on any atom is -0.311 e. The first kappa shape index (κ1) is 50.7. The lowest BCUT2D eigenvalue weighted by molar-refractivity contribution is 0.590. The molecular weight excluding hydrogens is 980 g/mol. The Morgan fingerprint density at radius 2 is 0.605 bits per heavy atom. The fraction of sp³-hybridized carbons (Fsp3) is 0.211. The Morgan fingerprint density at radius 1 is 0.284 bits per heavy atom. The summed E-state index contributed by atoms with van der Waals surface area (Å²) in [7, 11) is 0. The molecule has 2 aliphatic heterocycles. The van der Waals surface area contributed by atoms with Gasteiger partial charge in [-0.3, -0.25) is 0 Å². The molecule has 0 saturated carbocycles. The van der Waals surface area contributed by atoms with Crippen molar-refractivity contribution < 1.29 is 0 Å². The van der Waals surface area contributed by atoms with Crippen molar-refractivity contribution in [3.05, 3.63) is 235 Å². The fourth-order valence-corrected chi connectivity index (χ4v) is 13.4. The van der Waals surface area contributed by atoms with Crippen LogP contribution in [0.2, 0.25) is 0 Å². The predicted molar refractivity (Wildman–Crippen MR) is 349 cm³/mol. The molecule has 0 unspecified atom stereocenters. The molecule has 81 heavy (non-hydrogen) atoms. The molecule has 0 fully saturated rings. The van der Waals surface area contributed by atoms with Gasteiger partial charge in [-0.25, -0.2) is 0 Å². The molecule has 2 aromatic heterocycles. The normalized spacial score (nSPS) is 13.6. The lowest BCUT2D eigenvalue weighted by Crippen LogP contribution is -2.61. The minimum atomic E-state index is -0.0769. The van der Waals surface area contributed by atoms with E-state index in [9.17, 15) is 0 Å². The van der Waals surface area contributed by atoms with Gasteiger partial charge in [-0.05, 0) is 151 Å². The van der Waals surface area contributed by atoms with Crippen LogP contribution in [-0.4, -0.2) is 15.8 Å². The number of aromatic nitrogens is 2. The number of para-hydroxylation sites is 4. The summed E-state index contributed by atoms with van der Waals surface area (Å²) >= 11 is 0. The molecule has 0 saturated heterocycles. The molecule has 5 heteroatoms. The molecule has 4 nitrogen and oxygen atoms in total. The van der Waals surface area contributed by atoms with Crippen molar-refractivity contribution in [1.82, 2.24) is 9.13 Å². The quantitative estimate of drug-likeness (QED) is 0.160. The monoisotopic (exact) mass is 1050 g/mol. The Hall–Kier alpha value is -8.54. The number of nitrogens with zero attached hydrogens (tertiary/aromatic N) is 4. The van der Waals surface area contributed by atoms with E-state index in [1.54, 1.807) is 0 Å². The highest BCUT2D eigenvalue weighted by atomic mass is 15.2. The van der Waals surface area contributed by atoms with Crippen LogP contribution in [0.4, 0.5) is 34.1 Å². The third-order valence-electron chi connectivity index (χ3n) is 17.7. The summed E-state index contributed by atoms with van der Waals surface area (Å²) in [5.41, 5.74) is 25.3. The first-order valence-electron chi connectivity index (χ1n) is 29.1. The van der Waals surface area contributed by atoms with Crippen LogP contribution in [0.25, 0.3) is 66.1 Å². The van der Waals surface area contributed by atoms with Gasteiger partial charge in [0.2, 0.25) is 0 Å². The number of rotatable bonds is 5. The standard InChI is InChI=1S/C76H71BN4/c1-73(2,3)49-32-38-53(39-33-49)78-65-42-36-51(75(7,8)9)46-59(65)77-60-47-52(76(10,11)12)37-43-66(60)79(54-40-34-50(35-41-54)74(4,5)6)70-45-48(44-69(78)72(70)77)71-67(80-61-26-17-13-22-55(61)56-23-14-18-27-62(56)80)30-21-31-68(71)81-63-28-19-15-24-57(63)58-25-16-20-29-64(58)81/h13-47H,1-12H3. The first-order valence-corrected chi connectivity index (χ1v) is 29.1. The van der Waals surface area contributed by atoms with Crippen molar-refractivity contribution in [2.24, 2.45) is 0 Å². The van der Waals surface area contributed by atoms with Crippen molar-refractivity contribution >= 4 is 101 Å². The molecule has 0 atom stereocenters. The lowest BCUT2D eigenvalue weighted by Gasteiger charge is -2.45. The van der Waals surface area contributed by atoms with E-state index >= 15 is 0 Å². The van der Waals surface area contributed by atoms with Gasteiger partial charge in [0.05, 0.1) is 33.4 Å². The van der Waals surface area contributed by atoms with E-state index in [1.165, 1.54) is 105 Å². The first-order chi connectivity index (χ1) is 38.7. The molecule has 4 heterocycles. The average Bonchev–Trinajstić information content (AvgIpc) is 4.13.